The molecule has 68 valence electrons. The highest BCUT2D eigenvalue weighted by Gasteiger charge is 2.03. The molecule has 0 fully saturated rings. The van der Waals surface area contributed by atoms with Crippen LogP contribution < -0.4 is 5.32 Å². The van der Waals surface area contributed by atoms with Crippen molar-refractivity contribution < 1.29 is 4.79 Å². The van der Waals surface area contributed by atoms with Gasteiger partial charge in [0.15, 0.2) is 0 Å². The first-order valence-corrected chi connectivity index (χ1v) is 4.71. The molecule has 0 aliphatic carbocycles. The summed E-state index contributed by atoms with van der Waals surface area (Å²) in [7, 11) is 0. The van der Waals surface area contributed by atoms with E-state index in [0.29, 0.717) is 4.48 Å². The number of anilines is 1. The topological polar surface area (TPSA) is 29.1 Å². The first-order valence-electron chi connectivity index (χ1n) is 3.92. The number of amides is 1. The number of carbonyl (C=O) groups excluding carboxylic acids is 1. The number of hydrogen-bond acceptors (Lipinski definition) is 1. The predicted octanol–water partition coefficient (Wildman–Crippen LogP) is 2.92. The Balaban J connectivity index is 2.66. The maximum atomic E-state index is 11.3. The first-order chi connectivity index (χ1) is 6.24. The molecule has 3 heteroatoms. The molecular formula is C10H10BrNO. The van der Waals surface area contributed by atoms with Gasteiger partial charge in [-0.15, -0.1) is 0 Å². The summed E-state index contributed by atoms with van der Waals surface area (Å²) in [6, 6.07) is 9.33. The van der Waals surface area contributed by atoms with Gasteiger partial charge in [-0.25, -0.2) is 0 Å². The molecule has 0 radical (unpaired) electrons. The van der Waals surface area contributed by atoms with E-state index in [4.69, 9.17) is 0 Å². The summed E-state index contributed by atoms with van der Waals surface area (Å²) in [6.07, 6.45) is 1.71. The lowest BCUT2D eigenvalue weighted by atomic mass is 10.3. The minimum atomic E-state index is -0.131. The molecule has 2 nitrogen and oxygen atoms in total. The van der Waals surface area contributed by atoms with E-state index in [2.05, 4.69) is 21.2 Å². The van der Waals surface area contributed by atoms with Crippen molar-refractivity contribution in [1.82, 2.24) is 0 Å². The number of nitrogens with one attached hydrogen (secondary N) is 1. The fraction of sp³-hybridized carbons (Fsp3) is 0.100. The van der Waals surface area contributed by atoms with Gasteiger partial charge in [-0.2, -0.15) is 0 Å². The smallest absolute Gasteiger partial charge is 0.262 e. The largest absolute Gasteiger partial charge is 0.322 e. The van der Waals surface area contributed by atoms with Crippen molar-refractivity contribution in [2.24, 2.45) is 0 Å². The van der Waals surface area contributed by atoms with Gasteiger partial charge in [0.25, 0.3) is 5.91 Å². The molecule has 1 aromatic carbocycles. The van der Waals surface area contributed by atoms with Crippen LogP contribution in [0.3, 0.4) is 0 Å². The van der Waals surface area contributed by atoms with Gasteiger partial charge in [-0.3, -0.25) is 4.79 Å². The second-order valence-corrected chi connectivity index (χ2v) is 3.31. The van der Waals surface area contributed by atoms with Crippen LogP contribution >= 0.6 is 15.9 Å². The molecule has 0 aromatic heterocycles. The second kappa shape index (κ2) is 4.82. The number of halogens is 1. The molecular weight excluding hydrogens is 230 g/mol. The Kier molecular flexibility index (Phi) is 3.71. The van der Waals surface area contributed by atoms with Crippen LogP contribution in [0.25, 0.3) is 0 Å². The van der Waals surface area contributed by atoms with Crippen molar-refractivity contribution in [2.45, 2.75) is 6.92 Å². The van der Waals surface area contributed by atoms with Gasteiger partial charge in [0, 0.05) is 5.69 Å². The van der Waals surface area contributed by atoms with E-state index in [-0.39, 0.29) is 5.91 Å². The lowest BCUT2D eigenvalue weighted by Gasteiger charge is -2.02. The summed E-state index contributed by atoms with van der Waals surface area (Å²) in [4.78, 5) is 11.3. The molecule has 0 aliphatic heterocycles. The van der Waals surface area contributed by atoms with Crippen molar-refractivity contribution in [3.05, 3.63) is 40.9 Å². The normalized spacial score (nSPS) is 11.1. The van der Waals surface area contributed by atoms with E-state index in [9.17, 15) is 4.79 Å². The van der Waals surface area contributed by atoms with Gasteiger partial charge >= 0.3 is 0 Å². The molecule has 0 bridgehead atoms. The van der Waals surface area contributed by atoms with E-state index >= 15 is 0 Å². The number of rotatable bonds is 2. The van der Waals surface area contributed by atoms with Crippen molar-refractivity contribution in [3.8, 4) is 0 Å². The average molecular weight is 240 g/mol. The number of carbonyl (C=O) groups is 1. The van der Waals surface area contributed by atoms with Crippen LogP contribution in [0.1, 0.15) is 6.92 Å². The Labute approximate surface area is 85.8 Å². The molecule has 0 saturated carbocycles. The van der Waals surface area contributed by atoms with Crippen molar-refractivity contribution in [1.29, 1.82) is 0 Å². The standard InChI is InChI=1S/C10H10BrNO/c1-2-9(11)10(13)12-8-6-4-3-5-7-8/h2-7H,1H3,(H,12,13)/b9-2-. The lowest BCUT2D eigenvalue weighted by Crippen LogP contribution is -2.10. The summed E-state index contributed by atoms with van der Waals surface area (Å²) in [5.74, 6) is -0.131. The third kappa shape index (κ3) is 3.03. The van der Waals surface area contributed by atoms with Crippen LogP contribution in [0.4, 0.5) is 5.69 Å². The van der Waals surface area contributed by atoms with E-state index in [1.807, 2.05) is 30.3 Å². The van der Waals surface area contributed by atoms with Crippen LogP contribution in [0.5, 0.6) is 0 Å². The molecule has 1 aromatic rings. The molecule has 1 rings (SSSR count). The van der Waals surface area contributed by atoms with Crippen LogP contribution in [0.2, 0.25) is 0 Å². The molecule has 0 saturated heterocycles. The number of allylic oxidation sites excluding steroid dienone is 1. The second-order valence-electron chi connectivity index (χ2n) is 2.46. The van der Waals surface area contributed by atoms with Crippen LogP contribution in [0.15, 0.2) is 40.9 Å². The number of benzene rings is 1. The van der Waals surface area contributed by atoms with Gasteiger partial charge < -0.3 is 5.32 Å². The maximum absolute atomic E-state index is 11.3. The van der Waals surface area contributed by atoms with Gasteiger partial charge in [0.2, 0.25) is 0 Å². The summed E-state index contributed by atoms with van der Waals surface area (Å²) in [5, 5.41) is 2.74. The summed E-state index contributed by atoms with van der Waals surface area (Å²) < 4.78 is 0.538. The van der Waals surface area contributed by atoms with E-state index in [1.165, 1.54) is 0 Å². The molecule has 0 spiro atoms. The van der Waals surface area contributed by atoms with Crippen molar-refractivity contribution in [2.75, 3.05) is 5.32 Å². The van der Waals surface area contributed by atoms with E-state index < -0.39 is 0 Å². The third-order valence-corrected chi connectivity index (χ3v) is 2.32. The predicted molar refractivity (Wildman–Crippen MR) is 57.8 cm³/mol. The maximum Gasteiger partial charge on any atom is 0.262 e. The Hall–Kier alpha value is -1.09. The fourth-order valence-electron chi connectivity index (χ4n) is 0.843. The molecule has 13 heavy (non-hydrogen) atoms. The SMILES string of the molecule is C/C=C(\Br)C(=O)Nc1ccccc1. The van der Waals surface area contributed by atoms with Gasteiger partial charge in [0.05, 0.1) is 4.48 Å². The van der Waals surface area contributed by atoms with E-state index in [0.717, 1.165) is 5.69 Å². The quantitative estimate of drug-likeness (QED) is 0.791. The Bertz CT molecular complexity index is 319. The third-order valence-electron chi connectivity index (χ3n) is 1.50. The van der Waals surface area contributed by atoms with Crippen molar-refractivity contribution >= 4 is 27.5 Å². The first kappa shape index (κ1) is 9.99. The van der Waals surface area contributed by atoms with Gasteiger partial charge in [-0.1, -0.05) is 24.3 Å². The Morgan fingerprint density at radius 1 is 1.38 bits per heavy atom. The van der Waals surface area contributed by atoms with Gasteiger partial charge in [0.1, 0.15) is 0 Å². The lowest BCUT2D eigenvalue weighted by molar-refractivity contribution is -0.112. The zero-order valence-corrected chi connectivity index (χ0v) is 8.84. The number of para-hydroxylation sites is 1. The van der Waals surface area contributed by atoms with Gasteiger partial charge in [-0.05, 0) is 35.0 Å². The van der Waals surface area contributed by atoms with Crippen LogP contribution in [-0.4, -0.2) is 5.91 Å². The Morgan fingerprint density at radius 3 is 2.54 bits per heavy atom. The van der Waals surface area contributed by atoms with Crippen molar-refractivity contribution in [3.63, 3.8) is 0 Å². The minimum absolute atomic E-state index is 0.131. The highest BCUT2D eigenvalue weighted by molar-refractivity contribution is 9.12. The number of hydrogen-bond donors (Lipinski definition) is 1. The molecule has 0 aliphatic rings. The molecule has 1 N–H and O–H groups in total. The molecule has 1 amide bonds. The minimum Gasteiger partial charge on any atom is -0.322 e. The van der Waals surface area contributed by atoms with E-state index in [1.54, 1.807) is 13.0 Å². The zero-order valence-electron chi connectivity index (χ0n) is 7.25. The molecule has 0 atom stereocenters. The van der Waals surface area contributed by atoms with Crippen LogP contribution in [-0.2, 0) is 4.79 Å². The monoisotopic (exact) mass is 239 g/mol. The summed E-state index contributed by atoms with van der Waals surface area (Å²) in [6.45, 7) is 1.80. The summed E-state index contributed by atoms with van der Waals surface area (Å²) in [5.41, 5.74) is 0.798. The highest BCUT2D eigenvalue weighted by atomic mass is 79.9. The van der Waals surface area contributed by atoms with Crippen LogP contribution in [0, 0.1) is 0 Å². The highest BCUT2D eigenvalue weighted by Crippen LogP contribution is 2.10. The molecule has 0 heterocycles. The molecule has 0 unspecified atom stereocenters. The Morgan fingerprint density at radius 2 is 2.00 bits per heavy atom. The fourth-order valence-corrected chi connectivity index (χ4v) is 0.943. The summed E-state index contributed by atoms with van der Waals surface area (Å²) >= 11 is 3.15. The average Bonchev–Trinajstić information content (AvgIpc) is 2.18. The zero-order chi connectivity index (χ0) is 9.68.